The third-order valence-electron chi connectivity index (χ3n) is 8.78. The van der Waals surface area contributed by atoms with Crippen molar-refractivity contribution in [2.45, 2.75) is 77.2 Å². The molecule has 1 aliphatic rings. The van der Waals surface area contributed by atoms with E-state index in [0.717, 1.165) is 55.5 Å². The summed E-state index contributed by atoms with van der Waals surface area (Å²) < 4.78 is 32.1. The van der Waals surface area contributed by atoms with E-state index in [1.807, 2.05) is 54.3 Å². The molecule has 0 spiro atoms. The molecule has 0 radical (unpaired) electrons. The predicted octanol–water partition coefficient (Wildman–Crippen LogP) is 7.89. The first-order valence-electron chi connectivity index (χ1n) is 16.7. The van der Waals surface area contributed by atoms with Gasteiger partial charge in [-0.3, -0.25) is 9.59 Å². The molecule has 1 heterocycles. The minimum absolute atomic E-state index is 0.179. The molecule has 1 amide bonds. The first-order chi connectivity index (χ1) is 23.2. The SMILES string of the molecule is CC[C@H](C(=O)N1CCCCC1)c1cc(OC)c(OC)c(OC)c1.COc1ccc(CC[C@@H](OC=O)c2cccc(C(C)C)c2)cc1OC. The fraction of sp³-hybridized carbons (Fsp3) is 0.487. The molecule has 9 heteroatoms. The Bertz CT molecular complexity index is 1420. The molecule has 262 valence electrons. The number of hydrogen-bond donors (Lipinski definition) is 0. The van der Waals surface area contributed by atoms with Gasteiger partial charge in [0.05, 0.1) is 41.5 Å². The van der Waals surface area contributed by atoms with Crippen molar-refractivity contribution in [3.63, 3.8) is 0 Å². The summed E-state index contributed by atoms with van der Waals surface area (Å²) in [5, 5.41) is 0. The van der Waals surface area contributed by atoms with Gasteiger partial charge in [0.25, 0.3) is 6.47 Å². The van der Waals surface area contributed by atoms with Crippen molar-refractivity contribution in [3.05, 3.63) is 76.9 Å². The number of methoxy groups -OCH3 is 5. The quantitative estimate of drug-likeness (QED) is 0.152. The third-order valence-corrected chi connectivity index (χ3v) is 8.78. The Labute approximate surface area is 286 Å². The van der Waals surface area contributed by atoms with E-state index in [9.17, 15) is 9.59 Å². The summed E-state index contributed by atoms with van der Waals surface area (Å²) in [6, 6.07) is 17.9. The van der Waals surface area contributed by atoms with E-state index in [1.165, 1.54) is 12.0 Å². The lowest BCUT2D eigenvalue weighted by molar-refractivity contribution is -0.134. The summed E-state index contributed by atoms with van der Waals surface area (Å²) in [5.41, 5.74) is 4.29. The summed E-state index contributed by atoms with van der Waals surface area (Å²) in [7, 11) is 8.00. The number of ether oxygens (including phenoxy) is 6. The maximum absolute atomic E-state index is 12.9. The van der Waals surface area contributed by atoms with E-state index < -0.39 is 0 Å². The molecule has 4 rings (SSSR count). The second kappa shape index (κ2) is 19.4. The number of likely N-dealkylation sites (tertiary alicyclic amines) is 1. The van der Waals surface area contributed by atoms with Gasteiger partial charge in [-0.05, 0) is 91.0 Å². The number of carbonyl (C=O) groups excluding carboxylic acids is 2. The topological polar surface area (TPSA) is 92.8 Å². The first kappa shape index (κ1) is 38.1. The Hall–Kier alpha value is -4.40. The fourth-order valence-electron chi connectivity index (χ4n) is 6.02. The standard InChI is InChI=1S/C21H26O4.C18H27NO4/c1-15(2)17-6-5-7-18(13-17)19(25-14-22)10-8-16-9-11-20(23-3)21(12-16)24-4;1-5-14(18(20)19-9-7-6-8-10-19)13-11-15(21-2)17(23-4)16(12-13)22-3/h5-7,9,11-15,19H,8,10H2,1-4H3;11-12,14H,5-10H2,1-4H3/t19-;14-/m10/s1. The molecule has 0 aliphatic carbocycles. The van der Waals surface area contributed by atoms with Crippen LogP contribution >= 0.6 is 0 Å². The molecule has 0 unspecified atom stereocenters. The Morgan fingerprint density at radius 2 is 1.38 bits per heavy atom. The van der Waals surface area contributed by atoms with Crippen LogP contribution in [-0.2, 0) is 20.7 Å². The monoisotopic (exact) mass is 663 g/mol. The summed E-state index contributed by atoms with van der Waals surface area (Å²) >= 11 is 0. The van der Waals surface area contributed by atoms with Crippen molar-refractivity contribution < 1.29 is 38.0 Å². The number of amides is 1. The summed E-state index contributed by atoms with van der Waals surface area (Å²) in [6.45, 7) is 8.59. The van der Waals surface area contributed by atoms with Crippen LogP contribution in [0.15, 0.2) is 54.6 Å². The van der Waals surface area contributed by atoms with E-state index in [-0.39, 0.29) is 17.9 Å². The number of piperidine rings is 1. The minimum atomic E-state index is -0.260. The maximum atomic E-state index is 12.9. The van der Waals surface area contributed by atoms with Crippen LogP contribution < -0.4 is 23.7 Å². The van der Waals surface area contributed by atoms with Crippen molar-refractivity contribution in [2.24, 2.45) is 0 Å². The van der Waals surface area contributed by atoms with E-state index >= 15 is 0 Å². The van der Waals surface area contributed by atoms with Gasteiger partial charge in [0, 0.05) is 13.1 Å². The zero-order chi connectivity index (χ0) is 35.1. The van der Waals surface area contributed by atoms with Crippen LogP contribution in [0.4, 0.5) is 0 Å². The van der Waals surface area contributed by atoms with E-state index in [1.54, 1.807) is 35.5 Å². The predicted molar refractivity (Wildman–Crippen MR) is 188 cm³/mol. The number of rotatable bonds is 15. The van der Waals surface area contributed by atoms with Crippen LogP contribution in [0.3, 0.4) is 0 Å². The lowest BCUT2D eigenvalue weighted by Crippen LogP contribution is -2.38. The van der Waals surface area contributed by atoms with E-state index in [4.69, 9.17) is 28.4 Å². The Kier molecular flexibility index (Phi) is 15.4. The van der Waals surface area contributed by atoms with E-state index in [2.05, 4.69) is 26.0 Å². The van der Waals surface area contributed by atoms with E-state index in [0.29, 0.717) is 47.6 Å². The highest BCUT2D eigenvalue weighted by atomic mass is 16.5. The molecule has 2 atom stereocenters. The van der Waals surface area contributed by atoms with Crippen molar-refractivity contribution in [3.8, 4) is 28.7 Å². The van der Waals surface area contributed by atoms with Gasteiger partial charge in [-0.1, -0.05) is 51.1 Å². The molecule has 3 aromatic carbocycles. The van der Waals surface area contributed by atoms with Crippen LogP contribution in [0.1, 0.15) is 93.1 Å². The normalized spacial score (nSPS) is 13.8. The highest BCUT2D eigenvalue weighted by molar-refractivity contribution is 5.84. The maximum Gasteiger partial charge on any atom is 0.293 e. The van der Waals surface area contributed by atoms with Crippen LogP contribution in [-0.4, -0.2) is 65.9 Å². The molecule has 1 aliphatic heterocycles. The van der Waals surface area contributed by atoms with Crippen molar-refractivity contribution in [1.82, 2.24) is 4.90 Å². The smallest absolute Gasteiger partial charge is 0.293 e. The molecule has 3 aromatic rings. The molecular formula is C39H53NO8. The van der Waals surface area contributed by atoms with Gasteiger partial charge >= 0.3 is 0 Å². The van der Waals surface area contributed by atoms with Crippen LogP contribution in [0, 0.1) is 0 Å². The van der Waals surface area contributed by atoms with Gasteiger partial charge in [0.15, 0.2) is 23.0 Å². The average Bonchev–Trinajstić information content (AvgIpc) is 3.13. The zero-order valence-corrected chi connectivity index (χ0v) is 29.9. The highest BCUT2D eigenvalue weighted by Gasteiger charge is 2.28. The van der Waals surface area contributed by atoms with Crippen molar-refractivity contribution >= 4 is 12.4 Å². The Balaban J connectivity index is 0.000000261. The fourth-order valence-corrected chi connectivity index (χ4v) is 6.02. The van der Waals surface area contributed by atoms with Gasteiger partial charge in [-0.25, -0.2) is 0 Å². The van der Waals surface area contributed by atoms with Gasteiger partial charge in [-0.15, -0.1) is 0 Å². The van der Waals surface area contributed by atoms with Gasteiger partial charge in [0.1, 0.15) is 6.10 Å². The summed E-state index contributed by atoms with van der Waals surface area (Å²) in [4.78, 5) is 25.8. The molecule has 1 saturated heterocycles. The number of nitrogens with zero attached hydrogens (tertiary/aromatic N) is 1. The second-order valence-electron chi connectivity index (χ2n) is 12.1. The molecular weight excluding hydrogens is 610 g/mol. The number of aryl methyl sites for hydroxylation is 1. The van der Waals surface area contributed by atoms with Gasteiger partial charge < -0.3 is 33.3 Å². The van der Waals surface area contributed by atoms with Gasteiger partial charge in [0.2, 0.25) is 11.7 Å². The number of carbonyl (C=O) groups is 2. The Morgan fingerprint density at radius 3 is 1.92 bits per heavy atom. The lowest BCUT2D eigenvalue weighted by atomic mass is 9.93. The second-order valence-corrected chi connectivity index (χ2v) is 12.1. The molecule has 0 N–H and O–H groups in total. The van der Waals surface area contributed by atoms with Crippen LogP contribution in [0.25, 0.3) is 0 Å². The zero-order valence-electron chi connectivity index (χ0n) is 29.9. The number of hydrogen-bond acceptors (Lipinski definition) is 8. The van der Waals surface area contributed by atoms with Crippen molar-refractivity contribution in [1.29, 1.82) is 0 Å². The number of benzene rings is 3. The largest absolute Gasteiger partial charge is 0.493 e. The van der Waals surface area contributed by atoms with Gasteiger partial charge in [-0.2, -0.15) is 0 Å². The summed E-state index contributed by atoms with van der Waals surface area (Å²) in [5.74, 6) is 3.59. The molecule has 48 heavy (non-hydrogen) atoms. The third kappa shape index (κ3) is 10.1. The van der Waals surface area contributed by atoms with Crippen molar-refractivity contribution in [2.75, 3.05) is 48.6 Å². The molecule has 0 bridgehead atoms. The average molecular weight is 664 g/mol. The lowest BCUT2D eigenvalue weighted by Gasteiger charge is -2.30. The highest BCUT2D eigenvalue weighted by Crippen LogP contribution is 2.41. The first-order valence-corrected chi connectivity index (χ1v) is 16.7. The van der Waals surface area contributed by atoms with Crippen LogP contribution in [0.2, 0.25) is 0 Å². The summed E-state index contributed by atoms with van der Waals surface area (Å²) in [6.07, 6.45) is 5.36. The van der Waals surface area contributed by atoms with Crippen LogP contribution in [0.5, 0.6) is 28.7 Å². The molecule has 1 fully saturated rings. The Morgan fingerprint density at radius 1 is 0.750 bits per heavy atom. The molecule has 0 saturated carbocycles. The minimum Gasteiger partial charge on any atom is -0.493 e. The molecule has 0 aromatic heterocycles. The molecule has 9 nitrogen and oxygen atoms in total.